The molecule has 3 heteroatoms. The van der Waals surface area contributed by atoms with E-state index < -0.39 is 0 Å². The van der Waals surface area contributed by atoms with E-state index >= 15 is 0 Å². The van der Waals surface area contributed by atoms with Crippen molar-refractivity contribution in [1.82, 2.24) is 0 Å². The summed E-state index contributed by atoms with van der Waals surface area (Å²) in [7, 11) is 1.50. The van der Waals surface area contributed by atoms with E-state index in [1.807, 2.05) is 30.3 Å². The van der Waals surface area contributed by atoms with Gasteiger partial charge in [0.2, 0.25) is 0 Å². The van der Waals surface area contributed by atoms with Crippen LogP contribution in [0.25, 0.3) is 0 Å². The summed E-state index contributed by atoms with van der Waals surface area (Å²) in [6.45, 7) is 0.815. The van der Waals surface area contributed by atoms with Crippen molar-refractivity contribution < 1.29 is 9.53 Å². The molecule has 0 radical (unpaired) electrons. The molecule has 0 aromatic heterocycles. The van der Waals surface area contributed by atoms with Gasteiger partial charge in [-0.2, -0.15) is 0 Å². The fourth-order valence-corrected chi connectivity index (χ4v) is 0.966. The van der Waals surface area contributed by atoms with E-state index in [1.165, 1.54) is 12.6 Å². The summed E-state index contributed by atoms with van der Waals surface area (Å²) in [6, 6.07) is 10.1. The van der Waals surface area contributed by atoms with Crippen LogP contribution in [0.2, 0.25) is 0 Å². The zero-order valence-corrected chi connectivity index (χ0v) is 8.48. The molecule has 0 saturated carbocycles. The topological polar surface area (TPSA) is 52.3 Å². The second-order valence-corrected chi connectivity index (χ2v) is 2.48. The van der Waals surface area contributed by atoms with Gasteiger partial charge in [-0.15, -0.1) is 0 Å². The van der Waals surface area contributed by atoms with Crippen LogP contribution in [-0.2, 0) is 16.0 Å². The molecule has 0 spiro atoms. The minimum absolute atomic E-state index is 0.201. The zero-order chi connectivity index (χ0) is 10.6. The van der Waals surface area contributed by atoms with Crippen LogP contribution < -0.4 is 5.73 Å². The SMILES string of the molecule is CN.O=CCOCCc1ccccc1. The molecule has 0 saturated heterocycles. The highest BCUT2D eigenvalue weighted by Crippen LogP contribution is 1.98. The molecule has 0 aliphatic heterocycles. The van der Waals surface area contributed by atoms with Crippen molar-refractivity contribution >= 4 is 6.29 Å². The summed E-state index contributed by atoms with van der Waals surface area (Å²) < 4.78 is 5.02. The van der Waals surface area contributed by atoms with Crippen molar-refractivity contribution in [2.45, 2.75) is 6.42 Å². The number of nitrogens with two attached hydrogens (primary N) is 1. The van der Waals surface area contributed by atoms with Gasteiger partial charge in [0, 0.05) is 0 Å². The molecule has 2 N–H and O–H groups in total. The Morgan fingerprint density at radius 3 is 2.50 bits per heavy atom. The first kappa shape index (κ1) is 12.8. The second-order valence-electron chi connectivity index (χ2n) is 2.48. The molecule has 0 atom stereocenters. The van der Waals surface area contributed by atoms with Crippen LogP contribution in [0.1, 0.15) is 5.56 Å². The van der Waals surface area contributed by atoms with Crippen LogP contribution in [0, 0.1) is 0 Å². The Kier molecular flexibility index (Phi) is 9.05. The maximum Gasteiger partial charge on any atom is 0.145 e. The van der Waals surface area contributed by atoms with E-state index in [0.29, 0.717) is 6.61 Å². The fourth-order valence-electron chi connectivity index (χ4n) is 0.966. The van der Waals surface area contributed by atoms with Gasteiger partial charge in [0.25, 0.3) is 0 Å². The number of hydrogen-bond donors (Lipinski definition) is 1. The van der Waals surface area contributed by atoms with Gasteiger partial charge in [-0.05, 0) is 19.0 Å². The van der Waals surface area contributed by atoms with Gasteiger partial charge in [-0.3, -0.25) is 0 Å². The van der Waals surface area contributed by atoms with Gasteiger partial charge in [-0.1, -0.05) is 30.3 Å². The van der Waals surface area contributed by atoms with Crippen LogP contribution in [0.5, 0.6) is 0 Å². The zero-order valence-electron chi connectivity index (χ0n) is 8.48. The Labute approximate surface area is 84.9 Å². The largest absolute Gasteiger partial charge is 0.374 e. The summed E-state index contributed by atoms with van der Waals surface area (Å²) in [5.41, 5.74) is 5.74. The van der Waals surface area contributed by atoms with Gasteiger partial charge in [-0.25, -0.2) is 0 Å². The van der Waals surface area contributed by atoms with Crippen LogP contribution >= 0.6 is 0 Å². The smallest absolute Gasteiger partial charge is 0.145 e. The van der Waals surface area contributed by atoms with E-state index in [1.54, 1.807) is 0 Å². The first-order valence-corrected chi connectivity index (χ1v) is 4.56. The number of aldehydes is 1. The standard InChI is InChI=1S/C10H12O2.CH5N/c11-7-9-12-8-6-10-4-2-1-3-5-10;1-2/h1-5,7H,6,8-9H2;2H2,1H3. The lowest BCUT2D eigenvalue weighted by Crippen LogP contribution is -2.00. The van der Waals surface area contributed by atoms with Crippen LogP contribution in [0.15, 0.2) is 30.3 Å². The molecule has 0 amide bonds. The molecule has 14 heavy (non-hydrogen) atoms. The lowest BCUT2D eigenvalue weighted by atomic mass is 10.2. The van der Waals surface area contributed by atoms with Gasteiger partial charge >= 0.3 is 0 Å². The van der Waals surface area contributed by atoms with Crippen molar-refractivity contribution in [3.63, 3.8) is 0 Å². The predicted octanol–water partition coefficient (Wildman–Crippen LogP) is 1.02. The molecule has 78 valence electrons. The third-order valence-corrected chi connectivity index (χ3v) is 1.56. The van der Waals surface area contributed by atoms with E-state index in [4.69, 9.17) is 4.74 Å². The molecule has 0 aliphatic rings. The lowest BCUT2D eigenvalue weighted by molar-refractivity contribution is -0.111. The lowest BCUT2D eigenvalue weighted by Gasteiger charge is -1.99. The maximum absolute atomic E-state index is 9.89. The quantitative estimate of drug-likeness (QED) is 0.563. The van der Waals surface area contributed by atoms with Crippen molar-refractivity contribution in [2.24, 2.45) is 5.73 Å². The van der Waals surface area contributed by atoms with Crippen molar-refractivity contribution in [3.05, 3.63) is 35.9 Å². The Bertz CT molecular complexity index is 224. The van der Waals surface area contributed by atoms with Crippen LogP contribution in [0.3, 0.4) is 0 Å². The number of ether oxygens (including phenoxy) is 1. The highest BCUT2D eigenvalue weighted by molar-refractivity contribution is 5.50. The predicted molar refractivity (Wildman–Crippen MR) is 57.1 cm³/mol. The van der Waals surface area contributed by atoms with Gasteiger partial charge in [0.05, 0.1) is 6.61 Å². The highest BCUT2D eigenvalue weighted by atomic mass is 16.5. The molecular formula is C11H17NO2. The first-order chi connectivity index (χ1) is 6.93. The number of rotatable bonds is 5. The van der Waals surface area contributed by atoms with Crippen LogP contribution in [-0.4, -0.2) is 26.5 Å². The second kappa shape index (κ2) is 9.89. The van der Waals surface area contributed by atoms with E-state index in [0.717, 1.165) is 12.7 Å². The first-order valence-electron chi connectivity index (χ1n) is 4.56. The molecule has 1 aromatic carbocycles. The van der Waals surface area contributed by atoms with E-state index in [2.05, 4.69) is 5.73 Å². The Morgan fingerprint density at radius 2 is 1.93 bits per heavy atom. The summed E-state index contributed by atoms with van der Waals surface area (Å²) in [5, 5.41) is 0. The number of carbonyl (C=O) groups excluding carboxylic acids is 1. The Morgan fingerprint density at radius 1 is 1.29 bits per heavy atom. The normalized spacial score (nSPS) is 8.71. The molecule has 0 fully saturated rings. The minimum Gasteiger partial charge on any atom is -0.374 e. The number of hydrogen-bond acceptors (Lipinski definition) is 3. The molecule has 0 unspecified atom stereocenters. The molecule has 1 rings (SSSR count). The molecule has 3 nitrogen and oxygen atoms in total. The third kappa shape index (κ3) is 6.34. The summed E-state index contributed by atoms with van der Waals surface area (Å²) in [6.07, 6.45) is 1.64. The summed E-state index contributed by atoms with van der Waals surface area (Å²) in [4.78, 5) is 9.89. The van der Waals surface area contributed by atoms with Gasteiger partial charge in [0.15, 0.2) is 0 Å². The molecular weight excluding hydrogens is 178 g/mol. The number of carbonyl (C=O) groups is 1. The summed E-state index contributed by atoms with van der Waals surface area (Å²) in [5.74, 6) is 0. The molecule has 0 aliphatic carbocycles. The average molecular weight is 195 g/mol. The third-order valence-electron chi connectivity index (χ3n) is 1.56. The van der Waals surface area contributed by atoms with E-state index in [-0.39, 0.29) is 6.61 Å². The van der Waals surface area contributed by atoms with Crippen molar-refractivity contribution in [3.8, 4) is 0 Å². The fraction of sp³-hybridized carbons (Fsp3) is 0.364. The van der Waals surface area contributed by atoms with Crippen molar-refractivity contribution in [1.29, 1.82) is 0 Å². The van der Waals surface area contributed by atoms with Gasteiger partial charge < -0.3 is 15.3 Å². The van der Waals surface area contributed by atoms with Gasteiger partial charge in [0.1, 0.15) is 12.9 Å². The monoisotopic (exact) mass is 195 g/mol. The van der Waals surface area contributed by atoms with Crippen LogP contribution in [0.4, 0.5) is 0 Å². The Balaban J connectivity index is 0.000000791. The molecule has 0 bridgehead atoms. The maximum atomic E-state index is 9.89. The highest BCUT2D eigenvalue weighted by Gasteiger charge is 1.90. The molecule has 0 heterocycles. The number of benzene rings is 1. The summed E-state index contributed by atoms with van der Waals surface area (Å²) >= 11 is 0. The minimum atomic E-state index is 0.201. The average Bonchev–Trinajstić information content (AvgIpc) is 2.29. The molecule has 1 aromatic rings. The Hall–Kier alpha value is -1.19. The van der Waals surface area contributed by atoms with Crippen molar-refractivity contribution in [2.75, 3.05) is 20.3 Å². The van der Waals surface area contributed by atoms with E-state index in [9.17, 15) is 4.79 Å².